The molecule has 0 radical (unpaired) electrons. The molecule has 3 aromatic carbocycles. The average Bonchev–Trinajstić information content (AvgIpc) is 3.26. The molecule has 0 aliphatic carbocycles. The van der Waals surface area contributed by atoms with Gasteiger partial charge in [-0.15, -0.1) is 0 Å². The van der Waals surface area contributed by atoms with Crippen LogP contribution in [0.15, 0.2) is 66.8 Å². The summed E-state index contributed by atoms with van der Waals surface area (Å²) in [6.07, 6.45) is -5.83. The molecule has 5 rings (SSSR count). The van der Waals surface area contributed by atoms with Crippen molar-refractivity contribution >= 4 is 50.9 Å². The van der Waals surface area contributed by atoms with Crippen molar-refractivity contribution in [3.05, 3.63) is 72.3 Å². The molecule has 5 aromatic rings. The Hall–Kier alpha value is -2.42. The van der Waals surface area contributed by atoms with Crippen LogP contribution in [0.2, 0.25) is 0 Å². The Balaban J connectivity index is 2.01. The van der Waals surface area contributed by atoms with E-state index in [1.807, 2.05) is 0 Å². The van der Waals surface area contributed by atoms with Crippen molar-refractivity contribution in [3.63, 3.8) is 0 Å². The molecule has 0 saturated heterocycles. The van der Waals surface area contributed by atoms with Crippen LogP contribution in [0.1, 0.15) is 17.9 Å². The van der Waals surface area contributed by atoms with Crippen LogP contribution in [0.25, 0.3) is 39.7 Å². The summed E-state index contributed by atoms with van der Waals surface area (Å²) in [6, 6.07) is -1.88. The third-order valence-electron chi connectivity index (χ3n) is 4.01. The molecule has 2 nitrogen and oxygen atoms in total. The third-order valence-corrected chi connectivity index (χ3v) is 7.03. The third kappa shape index (κ3) is 2.72. The van der Waals surface area contributed by atoms with E-state index in [0.29, 0.717) is 6.98 Å². The number of alkyl halides is 3. The molecule has 27 heavy (non-hydrogen) atoms. The summed E-state index contributed by atoms with van der Waals surface area (Å²) in [7, 11) is 0. The molecule has 0 amide bonds. The normalized spacial score (nSPS) is 16.9. The maximum atomic E-state index is 14.4. The van der Waals surface area contributed by atoms with Crippen LogP contribution >= 0.6 is 0 Å². The van der Waals surface area contributed by atoms with E-state index in [2.05, 4.69) is 9.97 Å². The van der Waals surface area contributed by atoms with Crippen LogP contribution < -0.4 is 0 Å². The first kappa shape index (κ1) is 9.68. The number of nitrogens with zero attached hydrogens (tertiary/aromatic N) is 2. The van der Waals surface area contributed by atoms with Crippen LogP contribution in [0.5, 0.6) is 0 Å². The van der Waals surface area contributed by atoms with Crippen molar-refractivity contribution in [1.82, 2.24) is 9.97 Å². The van der Waals surface area contributed by atoms with E-state index >= 15 is 0 Å². The second-order valence-corrected chi connectivity index (χ2v) is 8.60. The number of fused-ring (bicyclic) bond motifs is 3. The fraction of sp³-hybridized carbons (Fsp3) is 0.0476. The second-order valence-electron chi connectivity index (χ2n) is 5.59. The Labute approximate surface area is 174 Å². The molecule has 0 aliphatic heterocycles. The SMILES string of the molecule is [2H]c1nc(-c2cc3c([2H])c([2H])c([2H])c([2H])c3[te]2)c2cc3c([2H])c([2H])c([2H])c([2H])c3c(C(F)(F)F)c2n1. The first-order valence-corrected chi connectivity index (χ1v) is 9.85. The van der Waals surface area contributed by atoms with E-state index in [1.54, 1.807) is 0 Å². The van der Waals surface area contributed by atoms with Gasteiger partial charge in [-0.25, -0.2) is 0 Å². The first-order valence-electron chi connectivity index (χ1n) is 12.0. The monoisotopic (exact) mass is 487 g/mol. The molecule has 0 atom stereocenters. The second kappa shape index (κ2) is 6.05. The Morgan fingerprint density at radius 3 is 2.41 bits per heavy atom. The molecule has 2 aromatic heterocycles. The van der Waals surface area contributed by atoms with Gasteiger partial charge >= 0.3 is 174 Å². The molecule has 0 aliphatic rings. The van der Waals surface area contributed by atoms with Crippen molar-refractivity contribution in [2.45, 2.75) is 6.18 Å². The van der Waals surface area contributed by atoms with Crippen LogP contribution in [0.4, 0.5) is 13.2 Å². The van der Waals surface area contributed by atoms with Crippen LogP contribution in [-0.2, 0) is 6.18 Å². The number of halogens is 3. The van der Waals surface area contributed by atoms with E-state index in [9.17, 15) is 13.2 Å². The standard InChI is InChI=1S/C21H11F3N2Te/c22-21(23,24)18-14-7-3-1-5-12(14)9-15-19(25-11-26-20(15)18)17-10-13-6-2-4-8-16(13)27-17/h1-11H/i1D,2D,3D,4D,5D,6D,7D,8D,11D. The van der Waals surface area contributed by atoms with Gasteiger partial charge in [-0.05, 0) is 0 Å². The number of hydrogen-bond acceptors (Lipinski definition) is 2. The molecule has 0 saturated carbocycles. The maximum absolute atomic E-state index is 14.4. The van der Waals surface area contributed by atoms with Crippen molar-refractivity contribution < 1.29 is 25.5 Å². The average molecular weight is 485 g/mol. The molecule has 2 heterocycles. The zero-order valence-electron chi connectivity index (χ0n) is 22.1. The van der Waals surface area contributed by atoms with Gasteiger partial charge < -0.3 is 0 Å². The molecule has 0 N–H and O–H groups in total. The summed E-state index contributed by atoms with van der Waals surface area (Å²) in [4.78, 5) is 7.73. The predicted molar refractivity (Wildman–Crippen MR) is 102 cm³/mol. The Kier molecular flexibility index (Phi) is 2.17. The Morgan fingerprint density at radius 1 is 0.852 bits per heavy atom. The number of rotatable bonds is 1. The van der Waals surface area contributed by atoms with E-state index in [-0.39, 0.29) is 33.9 Å². The van der Waals surface area contributed by atoms with Gasteiger partial charge in [0.1, 0.15) is 0 Å². The zero-order valence-corrected chi connectivity index (χ0v) is 15.4. The molecule has 132 valence electrons. The summed E-state index contributed by atoms with van der Waals surface area (Å²) < 4.78 is 116. The number of hydrogen-bond donors (Lipinski definition) is 0. The molecule has 6 heteroatoms. The van der Waals surface area contributed by atoms with Crippen molar-refractivity contribution in [2.75, 3.05) is 0 Å². The van der Waals surface area contributed by atoms with Gasteiger partial charge in [0.25, 0.3) is 0 Å². The summed E-state index contributed by atoms with van der Waals surface area (Å²) >= 11 is -1.57. The van der Waals surface area contributed by atoms with Gasteiger partial charge in [-0.2, -0.15) is 0 Å². The zero-order chi connectivity index (χ0) is 26.4. The molecule has 0 unspecified atom stereocenters. The van der Waals surface area contributed by atoms with Crippen LogP contribution in [0.3, 0.4) is 0 Å². The van der Waals surface area contributed by atoms with Crippen LogP contribution in [0, 0.1) is 0 Å². The summed E-state index contributed by atoms with van der Waals surface area (Å²) in [6.45, 7) is 0. The molecule has 0 fully saturated rings. The summed E-state index contributed by atoms with van der Waals surface area (Å²) in [5, 5.41) is -1.11. The molecular formula is C21H11F3N2Te. The van der Waals surface area contributed by atoms with Gasteiger partial charge in [0.2, 0.25) is 0 Å². The van der Waals surface area contributed by atoms with Gasteiger partial charge in [-0.1, -0.05) is 0 Å². The fourth-order valence-corrected chi connectivity index (χ4v) is 5.69. The van der Waals surface area contributed by atoms with Crippen molar-refractivity contribution in [3.8, 4) is 9.27 Å². The van der Waals surface area contributed by atoms with E-state index in [1.165, 1.54) is 6.07 Å². The van der Waals surface area contributed by atoms with Crippen molar-refractivity contribution in [2.24, 2.45) is 0 Å². The minimum absolute atomic E-state index is 0.0692. The first-order chi connectivity index (χ1) is 16.7. The van der Waals surface area contributed by atoms with Gasteiger partial charge in [-0.3, -0.25) is 0 Å². The fourth-order valence-electron chi connectivity index (χ4n) is 2.92. The number of benzene rings is 3. The number of aromatic nitrogens is 2. The predicted octanol–water partition coefficient (Wildman–Crippen LogP) is 5.68. The van der Waals surface area contributed by atoms with Gasteiger partial charge in [0, 0.05) is 0 Å². The van der Waals surface area contributed by atoms with Gasteiger partial charge in [0.15, 0.2) is 0 Å². The molecule has 0 spiro atoms. The Morgan fingerprint density at radius 2 is 1.59 bits per heavy atom. The topological polar surface area (TPSA) is 25.8 Å². The summed E-state index contributed by atoms with van der Waals surface area (Å²) in [5.41, 5.74) is -2.17. The quantitative estimate of drug-likeness (QED) is 0.226. The molecular weight excluding hydrogens is 465 g/mol. The van der Waals surface area contributed by atoms with Crippen LogP contribution in [-0.4, -0.2) is 30.4 Å². The van der Waals surface area contributed by atoms with E-state index in [4.69, 9.17) is 12.3 Å². The van der Waals surface area contributed by atoms with E-state index < -0.39 is 85.6 Å². The molecule has 0 bridgehead atoms. The minimum atomic E-state index is -5.08. The van der Waals surface area contributed by atoms with Crippen molar-refractivity contribution in [1.29, 1.82) is 0 Å². The Bertz CT molecular complexity index is 1740. The summed E-state index contributed by atoms with van der Waals surface area (Å²) in [5.74, 6) is 0. The van der Waals surface area contributed by atoms with Gasteiger partial charge in [0.05, 0.1) is 0 Å². The van der Waals surface area contributed by atoms with E-state index in [0.717, 1.165) is 6.07 Å².